The molecule has 5 aromatic rings. The molecule has 0 fully saturated rings. The number of nitrogens with one attached hydrogen (secondary N) is 1. The van der Waals surface area contributed by atoms with Crippen LogP contribution in [0.15, 0.2) is 83.8 Å². The van der Waals surface area contributed by atoms with E-state index in [9.17, 15) is 29.3 Å². The van der Waals surface area contributed by atoms with Crippen LogP contribution in [0.2, 0.25) is 5.02 Å². The number of non-ortho nitro benzene ring substituents is 1. The summed E-state index contributed by atoms with van der Waals surface area (Å²) in [5, 5.41) is 14.9. The summed E-state index contributed by atoms with van der Waals surface area (Å²) in [6.45, 7) is 0. The molecule has 0 aliphatic rings. The van der Waals surface area contributed by atoms with Gasteiger partial charge in [0.2, 0.25) is 0 Å². The fraction of sp³-hybridized carbons (Fsp3) is 0.0400. The molecule has 5 rings (SSSR count). The molecule has 0 saturated heterocycles. The predicted octanol–water partition coefficient (Wildman–Crippen LogP) is 4.98. The zero-order valence-corrected chi connectivity index (χ0v) is 21.0. The Morgan fingerprint density at radius 1 is 1.05 bits per heavy atom. The highest BCUT2D eigenvalue weighted by Gasteiger charge is 2.25. The molecule has 0 unspecified atom stereocenters. The summed E-state index contributed by atoms with van der Waals surface area (Å²) in [5.41, 5.74) is 2.19. The first-order chi connectivity index (χ1) is 18.1. The molecule has 0 aliphatic heterocycles. The van der Waals surface area contributed by atoms with Gasteiger partial charge in [0.25, 0.3) is 11.2 Å². The lowest BCUT2D eigenvalue weighted by molar-refractivity contribution is -0.384. The van der Waals surface area contributed by atoms with Gasteiger partial charge in [0, 0.05) is 40.5 Å². The SMILES string of the molecule is O=c1c(-c2ccc([N+](=O)[O-])cc2OP(=O)(O)O)cnc2c(-c3ccc(Cl)cc3)c(Cc3ccccc3)[nH]n12. The fourth-order valence-corrected chi connectivity index (χ4v) is 4.68. The molecular weight excluding hydrogens is 535 g/mol. The highest BCUT2D eigenvalue weighted by atomic mass is 35.5. The Hall–Kier alpha value is -4.28. The van der Waals surface area contributed by atoms with Crippen LogP contribution in [0.4, 0.5) is 5.69 Å². The van der Waals surface area contributed by atoms with Crippen LogP contribution in [0.25, 0.3) is 27.9 Å². The van der Waals surface area contributed by atoms with Crippen LogP contribution in [0.3, 0.4) is 0 Å². The maximum absolute atomic E-state index is 13.7. The Kier molecular flexibility index (Phi) is 6.60. The number of fused-ring (bicyclic) bond motifs is 1. The lowest BCUT2D eigenvalue weighted by Gasteiger charge is -2.11. The average Bonchev–Trinajstić information content (AvgIpc) is 3.23. The number of H-pyrrole nitrogens is 1. The van der Waals surface area contributed by atoms with E-state index in [0.717, 1.165) is 23.3 Å². The lowest BCUT2D eigenvalue weighted by atomic mass is 10.0. The largest absolute Gasteiger partial charge is 0.524 e. The van der Waals surface area contributed by atoms with Gasteiger partial charge in [-0.05, 0) is 29.3 Å². The number of phosphoric ester groups is 1. The minimum absolute atomic E-state index is 0.0712. The van der Waals surface area contributed by atoms with E-state index >= 15 is 0 Å². The number of nitro benzene ring substituents is 1. The van der Waals surface area contributed by atoms with Crippen LogP contribution in [0.5, 0.6) is 5.75 Å². The van der Waals surface area contributed by atoms with Gasteiger partial charge in [-0.3, -0.25) is 29.8 Å². The molecule has 2 aromatic heterocycles. The molecule has 38 heavy (non-hydrogen) atoms. The van der Waals surface area contributed by atoms with Crippen molar-refractivity contribution in [1.82, 2.24) is 14.6 Å². The molecule has 3 N–H and O–H groups in total. The van der Waals surface area contributed by atoms with Gasteiger partial charge >= 0.3 is 7.82 Å². The van der Waals surface area contributed by atoms with Crippen LogP contribution in [-0.4, -0.2) is 29.3 Å². The molecule has 0 spiro atoms. The van der Waals surface area contributed by atoms with Crippen LogP contribution >= 0.6 is 19.4 Å². The van der Waals surface area contributed by atoms with E-state index in [0.29, 0.717) is 28.3 Å². The van der Waals surface area contributed by atoms with Crippen molar-refractivity contribution < 1.29 is 23.8 Å². The zero-order chi connectivity index (χ0) is 27.0. The van der Waals surface area contributed by atoms with Gasteiger partial charge in [-0.2, -0.15) is 0 Å². The summed E-state index contributed by atoms with van der Waals surface area (Å²) in [4.78, 5) is 47.3. The topological polar surface area (TPSA) is 160 Å². The normalized spacial score (nSPS) is 11.6. The number of aromatic amines is 1. The van der Waals surface area contributed by atoms with Gasteiger partial charge in [0.1, 0.15) is 5.75 Å². The molecule has 11 nitrogen and oxygen atoms in total. The van der Waals surface area contributed by atoms with E-state index in [2.05, 4.69) is 10.1 Å². The number of halogens is 1. The standard InChI is InChI=1S/C25H18ClN4O7P/c26-17-8-6-16(7-9-17)23-21(12-15-4-2-1-3-5-15)28-29-24(23)27-14-20(25(29)31)19-11-10-18(30(32)33)13-22(19)37-38(34,35)36/h1-11,13-14,28H,12H2,(H2,34,35,36). The van der Waals surface area contributed by atoms with Crippen LogP contribution < -0.4 is 10.1 Å². The maximum Gasteiger partial charge on any atom is 0.524 e. The van der Waals surface area contributed by atoms with Crippen molar-refractivity contribution in [3.05, 3.63) is 116 Å². The molecule has 0 aliphatic carbocycles. The van der Waals surface area contributed by atoms with Crippen molar-refractivity contribution in [1.29, 1.82) is 0 Å². The number of aromatic nitrogens is 3. The molecule has 2 heterocycles. The summed E-state index contributed by atoms with van der Waals surface area (Å²) in [6, 6.07) is 19.8. The second kappa shape index (κ2) is 9.88. The molecular formula is C25H18ClN4O7P. The maximum atomic E-state index is 13.7. The fourth-order valence-electron chi connectivity index (χ4n) is 4.14. The molecule has 0 amide bonds. The molecule has 192 valence electrons. The van der Waals surface area contributed by atoms with Gasteiger partial charge in [0.15, 0.2) is 5.65 Å². The minimum atomic E-state index is -5.11. The Bertz CT molecular complexity index is 1780. The van der Waals surface area contributed by atoms with E-state index in [1.165, 1.54) is 16.8 Å². The number of hydrogen-bond acceptors (Lipinski definition) is 6. The molecule has 3 aromatic carbocycles. The van der Waals surface area contributed by atoms with E-state index in [1.54, 1.807) is 12.1 Å². The molecule has 0 radical (unpaired) electrons. The van der Waals surface area contributed by atoms with Crippen molar-refractivity contribution in [2.24, 2.45) is 0 Å². The van der Waals surface area contributed by atoms with Gasteiger partial charge in [-0.15, -0.1) is 0 Å². The van der Waals surface area contributed by atoms with Gasteiger partial charge in [0.05, 0.1) is 16.6 Å². The number of phosphoric acid groups is 1. The lowest BCUT2D eigenvalue weighted by Crippen LogP contribution is -2.17. The van der Waals surface area contributed by atoms with Gasteiger partial charge in [-0.1, -0.05) is 54.1 Å². The third-order valence-corrected chi connectivity index (χ3v) is 6.46. The van der Waals surface area contributed by atoms with Gasteiger partial charge in [-0.25, -0.2) is 14.1 Å². The van der Waals surface area contributed by atoms with Crippen molar-refractivity contribution in [3.63, 3.8) is 0 Å². The van der Waals surface area contributed by atoms with Crippen LogP contribution in [0.1, 0.15) is 11.3 Å². The number of nitro groups is 1. The zero-order valence-electron chi connectivity index (χ0n) is 19.3. The number of hydrogen-bond donors (Lipinski definition) is 3. The summed E-state index contributed by atoms with van der Waals surface area (Å²) < 4.78 is 17.5. The van der Waals surface area contributed by atoms with Crippen molar-refractivity contribution in [3.8, 4) is 28.0 Å². The number of rotatable bonds is 7. The first kappa shape index (κ1) is 25.4. The summed E-state index contributed by atoms with van der Waals surface area (Å²) in [7, 11) is -5.11. The second-order valence-corrected chi connectivity index (χ2v) is 9.89. The third kappa shape index (κ3) is 5.09. The van der Waals surface area contributed by atoms with Crippen molar-refractivity contribution in [2.75, 3.05) is 0 Å². The van der Waals surface area contributed by atoms with Crippen LogP contribution in [-0.2, 0) is 11.0 Å². The monoisotopic (exact) mass is 552 g/mol. The van der Waals surface area contributed by atoms with Crippen molar-refractivity contribution in [2.45, 2.75) is 6.42 Å². The Balaban J connectivity index is 1.73. The van der Waals surface area contributed by atoms with E-state index in [-0.39, 0.29) is 11.1 Å². The molecule has 0 bridgehead atoms. The summed E-state index contributed by atoms with van der Waals surface area (Å²) >= 11 is 6.08. The Morgan fingerprint density at radius 2 is 1.76 bits per heavy atom. The smallest absolute Gasteiger partial charge is 0.403 e. The summed E-state index contributed by atoms with van der Waals surface area (Å²) in [5.74, 6) is -0.527. The number of nitrogens with zero attached hydrogens (tertiary/aromatic N) is 3. The van der Waals surface area contributed by atoms with Crippen LogP contribution in [0, 0.1) is 10.1 Å². The van der Waals surface area contributed by atoms with E-state index in [4.69, 9.17) is 16.1 Å². The molecule has 13 heteroatoms. The van der Waals surface area contributed by atoms with Crippen molar-refractivity contribution >= 4 is 30.8 Å². The number of benzene rings is 3. The minimum Gasteiger partial charge on any atom is -0.403 e. The van der Waals surface area contributed by atoms with Gasteiger partial charge < -0.3 is 4.52 Å². The first-order valence-electron chi connectivity index (χ1n) is 11.1. The predicted molar refractivity (Wildman–Crippen MR) is 140 cm³/mol. The van der Waals surface area contributed by atoms with E-state index in [1.807, 2.05) is 42.5 Å². The molecule has 0 saturated carbocycles. The first-order valence-corrected chi connectivity index (χ1v) is 13.0. The third-order valence-electron chi connectivity index (χ3n) is 5.77. The molecule has 0 atom stereocenters. The highest BCUT2D eigenvalue weighted by Crippen LogP contribution is 2.43. The Labute approximate surface area is 219 Å². The quantitative estimate of drug-likeness (QED) is 0.145. The average molecular weight is 553 g/mol. The highest BCUT2D eigenvalue weighted by molar-refractivity contribution is 7.46. The Morgan fingerprint density at radius 3 is 2.42 bits per heavy atom. The second-order valence-electron chi connectivity index (χ2n) is 8.29. The van der Waals surface area contributed by atoms with E-state index < -0.39 is 29.7 Å². The summed E-state index contributed by atoms with van der Waals surface area (Å²) in [6.07, 6.45) is 1.69.